The molecule has 10 rings (SSSR count). The van der Waals surface area contributed by atoms with Crippen molar-refractivity contribution in [3.05, 3.63) is 162 Å². The third-order valence-electron chi connectivity index (χ3n) is 10.5. The van der Waals surface area contributed by atoms with E-state index in [0.29, 0.717) is 5.56 Å². The number of aromatic nitrogens is 3. The molecule has 0 saturated heterocycles. The zero-order valence-electron chi connectivity index (χ0n) is 27.1. The van der Waals surface area contributed by atoms with Crippen LogP contribution in [0.2, 0.25) is 0 Å². The van der Waals surface area contributed by atoms with Crippen molar-refractivity contribution in [3.8, 4) is 40.0 Å². The Morgan fingerprint density at radius 2 is 1.16 bits per heavy atom. The monoisotopic (exact) mass is 626 g/mol. The van der Waals surface area contributed by atoms with E-state index in [0.717, 1.165) is 33.8 Å². The second kappa shape index (κ2) is 10.0. The van der Waals surface area contributed by atoms with Gasteiger partial charge >= 0.3 is 0 Å². The molecule has 0 amide bonds. The molecule has 0 fully saturated rings. The number of para-hydroxylation sites is 3. The highest BCUT2D eigenvalue weighted by atomic mass is 15.1. The minimum absolute atomic E-state index is 0.228. The normalized spacial score (nSPS) is 13.2. The van der Waals surface area contributed by atoms with Gasteiger partial charge in [0, 0.05) is 38.2 Å². The van der Waals surface area contributed by atoms with Crippen LogP contribution in [0.5, 0.6) is 0 Å². The smallest absolute Gasteiger partial charge is 0.138 e. The molecule has 230 valence electrons. The van der Waals surface area contributed by atoms with Crippen molar-refractivity contribution in [1.82, 2.24) is 14.1 Å². The first-order valence-corrected chi connectivity index (χ1v) is 16.7. The van der Waals surface area contributed by atoms with E-state index in [4.69, 9.17) is 4.98 Å². The highest BCUT2D eigenvalue weighted by Crippen LogP contribution is 2.50. The zero-order chi connectivity index (χ0) is 32.9. The van der Waals surface area contributed by atoms with Gasteiger partial charge in [0.25, 0.3) is 0 Å². The average Bonchev–Trinajstić information content (AvgIpc) is 3.75. The van der Waals surface area contributed by atoms with Crippen molar-refractivity contribution in [2.45, 2.75) is 19.3 Å². The summed E-state index contributed by atoms with van der Waals surface area (Å²) in [4.78, 5) is 5.41. The van der Waals surface area contributed by atoms with Gasteiger partial charge in [0.2, 0.25) is 0 Å². The molecule has 6 aromatic carbocycles. The van der Waals surface area contributed by atoms with Crippen LogP contribution in [0.3, 0.4) is 0 Å². The number of benzene rings is 6. The van der Waals surface area contributed by atoms with Gasteiger partial charge in [0.1, 0.15) is 5.82 Å². The molecule has 1 aliphatic rings. The molecule has 0 unspecified atom stereocenters. The third kappa shape index (κ3) is 3.82. The lowest BCUT2D eigenvalue weighted by Crippen LogP contribution is -2.15. The number of pyridine rings is 1. The maximum Gasteiger partial charge on any atom is 0.138 e. The summed E-state index contributed by atoms with van der Waals surface area (Å²) in [5.41, 5.74) is 13.1. The molecule has 0 radical (unpaired) electrons. The number of hydrogen-bond donors (Lipinski definition) is 0. The molecule has 0 spiro atoms. The summed E-state index contributed by atoms with van der Waals surface area (Å²) in [6.45, 7) is 4.50. The van der Waals surface area contributed by atoms with Crippen molar-refractivity contribution in [2.75, 3.05) is 0 Å². The highest BCUT2D eigenvalue weighted by molar-refractivity contribution is 6.23. The molecule has 0 aliphatic heterocycles. The maximum atomic E-state index is 9.59. The molecule has 0 N–H and O–H groups in total. The largest absolute Gasteiger partial charge is 0.307 e. The van der Waals surface area contributed by atoms with E-state index in [1.165, 1.54) is 54.8 Å². The topological polar surface area (TPSA) is 46.5 Å². The van der Waals surface area contributed by atoms with Gasteiger partial charge in [-0.1, -0.05) is 105 Å². The summed E-state index contributed by atoms with van der Waals surface area (Å²) in [5.74, 6) is 0.878. The van der Waals surface area contributed by atoms with Crippen LogP contribution in [0.4, 0.5) is 0 Å². The van der Waals surface area contributed by atoms with Crippen molar-refractivity contribution in [1.29, 1.82) is 5.26 Å². The van der Waals surface area contributed by atoms with E-state index in [-0.39, 0.29) is 5.41 Å². The molecule has 3 heterocycles. The van der Waals surface area contributed by atoms with Crippen LogP contribution in [0.15, 0.2) is 146 Å². The first-order valence-electron chi connectivity index (χ1n) is 16.7. The van der Waals surface area contributed by atoms with E-state index in [1.807, 2.05) is 12.1 Å². The highest BCUT2D eigenvalue weighted by Gasteiger charge is 2.36. The number of nitriles is 1. The molecule has 0 saturated carbocycles. The van der Waals surface area contributed by atoms with Gasteiger partial charge in [0.05, 0.1) is 39.4 Å². The fourth-order valence-electron chi connectivity index (χ4n) is 8.26. The first kappa shape index (κ1) is 27.7. The van der Waals surface area contributed by atoms with Crippen LogP contribution in [-0.2, 0) is 5.41 Å². The Bertz CT molecular complexity index is 2860. The maximum absolute atomic E-state index is 9.59. The quantitative estimate of drug-likeness (QED) is 0.196. The van der Waals surface area contributed by atoms with E-state index in [1.54, 1.807) is 0 Å². The summed E-state index contributed by atoms with van der Waals surface area (Å²) in [7, 11) is 0. The van der Waals surface area contributed by atoms with Gasteiger partial charge in [0.15, 0.2) is 0 Å². The van der Waals surface area contributed by atoms with Crippen LogP contribution in [0.1, 0.15) is 30.5 Å². The van der Waals surface area contributed by atoms with Crippen LogP contribution >= 0.6 is 0 Å². The van der Waals surface area contributed by atoms with Gasteiger partial charge in [-0.2, -0.15) is 5.26 Å². The number of nitrogens with zero attached hydrogens (tertiary/aromatic N) is 4. The first-order chi connectivity index (χ1) is 24.0. The van der Waals surface area contributed by atoms with Gasteiger partial charge in [-0.3, -0.25) is 4.57 Å². The fraction of sp³-hybridized carbons (Fsp3) is 0.0667. The SMILES string of the molecule is CC1(C)c2cc(C#N)ccc2-c2ccc(-c3cccc(-n4c5ccccc5c5ccc6c7ccccc7n(-c7ccccc7)c6c54)n3)cc21. The zero-order valence-corrected chi connectivity index (χ0v) is 27.1. The molecular weight excluding hydrogens is 597 g/mol. The Balaban J connectivity index is 1.23. The van der Waals surface area contributed by atoms with E-state index in [9.17, 15) is 5.26 Å². The van der Waals surface area contributed by atoms with Crippen molar-refractivity contribution in [3.63, 3.8) is 0 Å². The molecule has 0 atom stereocenters. The van der Waals surface area contributed by atoms with Crippen LogP contribution in [-0.4, -0.2) is 14.1 Å². The van der Waals surface area contributed by atoms with Gasteiger partial charge in [-0.25, -0.2) is 4.98 Å². The van der Waals surface area contributed by atoms with E-state index in [2.05, 4.69) is 163 Å². The van der Waals surface area contributed by atoms with Gasteiger partial charge in [-0.15, -0.1) is 0 Å². The van der Waals surface area contributed by atoms with Gasteiger partial charge < -0.3 is 4.57 Å². The lowest BCUT2D eigenvalue weighted by atomic mass is 9.81. The predicted molar refractivity (Wildman–Crippen MR) is 201 cm³/mol. The number of fused-ring (bicyclic) bond motifs is 10. The van der Waals surface area contributed by atoms with E-state index < -0.39 is 0 Å². The lowest BCUT2D eigenvalue weighted by Gasteiger charge is -2.22. The van der Waals surface area contributed by atoms with Crippen molar-refractivity contribution < 1.29 is 0 Å². The second-order valence-electron chi connectivity index (χ2n) is 13.5. The summed E-state index contributed by atoms with van der Waals surface area (Å²) < 4.78 is 4.76. The Labute approximate surface area is 283 Å². The van der Waals surface area contributed by atoms with Gasteiger partial charge in [-0.05, 0) is 76.9 Å². The van der Waals surface area contributed by atoms with Crippen molar-refractivity contribution in [2.24, 2.45) is 0 Å². The summed E-state index contributed by atoms with van der Waals surface area (Å²) in [6.07, 6.45) is 0. The second-order valence-corrected chi connectivity index (χ2v) is 13.5. The lowest BCUT2D eigenvalue weighted by molar-refractivity contribution is 0.660. The molecule has 9 aromatic rings. The van der Waals surface area contributed by atoms with Crippen LogP contribution < -0.4 is 0 Å². The minimum Gasteiger partial charge on any atom is -0.307 e. The summed E-state index contributed by atoms with van der Waals surface area (Å²) >= 11 is 0. The standard InChI is InChI=1S/C45H30N4/c1-45(2)37-25-28(27-46)19-21-31(37)32-22-20-29(26-38(32)45)39-15-10-18-42(47-39)49-41-17-9-7-14-34(41)36-24-23-35-33-13-6-8-16-40(33)48(43(35)44(36)49)30-11-4-3-5-12-30/h3-26H,1-2H3. The molecule has 4 heteroatoms. The number of rotatable bonds is 3. The molecule has 3 aromatic heterocycles. The summed E-state index contributed by atoms with van der Waals surface area (Å²) in [6, 6.07) is 54.0. The van der Waals surface area contributed by atoms with Crippen LogP contribution in [0, 0.1) is 11.3 Å². The van der Waals surface area contributed by atoms with Crippen LogP contribution in [0.25, 0.3) is 77.5 Å². The predicted octanol–water partition coefficient (Wildman–Crippen LogP) is 11.1. The fourth-order valence-corrected chi connectivity index (χ4v) is 8.26. The molecule has 4 nitrogen and oxygen atoms in total. The Morgan fingerprint density at radius 1 is 0.551 bits per heavy atom. The molecule has 0 bridgehead atoms. The molecule has 1 aliphatic carbocycles. The van der Waals surface area contributed by atoms with E-state index >= 15 is 0 Å². The van der Waals surface area contributed by atoms with Crippen molar-refractivity contribution >= 4 is 43.6 Å². The average molecular weight is 627 g/mol. The Morgan fingerprint density at radius 3 is 1.88 bits per heavy atom. The molecular formula is C45H30N4. The molecule has 49 heavy (non-hydrogen) atoms. The third-order valence-corrected chi connectivity index (χ3v) is 10.5. The Kier molecular flexibility index (Phi) is 5.66. The number of hydrogen-bond acceptors (Lipinski definition) is 2. The Hall–Kier alpha value is -6.44. The minimum atomic E-state index is -0.228. The summed E-state index contributed by atoms with van der Waals surface area (Å²) in [5, 5.41) is 14.4.